The molecule has 0 radical (unpaired) electrons. The molecule has 4 nitrogen and oxygen atoms in total. The van der Waals surface area contributed by atoms with Crippen molar-refractivity contribution in [2.45, 2.75) is 35.6 Å². The first-order valence-electron chi connectivity index (χ1n) is 8.03. The third-order valence-electron chi connectivity index (χ3n) is 4.27. The van der Waals surface area contributed by atoms with E-state index in [1.165, 1.54) is 6.92 Å². The molecule has 9 heteroatoms. The van der Waals surface area contributed by atoms with Gasteiger partial charge in [0, 0.05) is 6.42 Å². The molecule has 0 heterocycles. The van der Waals surface area contributed by atoms with Crippen LogP contribution in [-0.4, -0.2) is 14.2 Å². The maximum Gasteiger partial charge on any atom is 0.416 e. The highest BCUT2D eigenvalue weighted by atomic mass is 32.2. The average molecular weight is 413 g/mol. The first kappa shape index (κ1) is 21.6. The zero-order chi connectivity index (χ0) is 21.2. The second kappa shape index (κ2) is 7.72. The molecule has 0 amide bonds. The van der Waals surface area contributed by atoms with E-state index in [9.17, 15) is 36.0 Å². The van der Waals surface area contributed by atoms with Crippen molar-refractivity contribution in [2.75, 3.05) is 0 Å². The minimum absolute atomic E-state index is 0.0717. The lowest BCUT2D eigenvalue weighted by Gasteiger charge is -2.27. The normalized spacial score (nSPS) is 14.1. The van der Waals surface area contributed by atoms with Crippen molar-refractivity contribution in [3.63, 3.8) is 0 Å². The van der Waals surface area contributed by atoms with Crippen molar-refractivity contribution in [1.82, 2.24) is 0 Å². The van der Waals surface area contributed by atoms with E-state index in [1.807, 2.05) is 0 Å². The molecule has 0 aliphatic heterocycles. The Kier molecular flexibility index (Phi) is 5.94. The standard InChI is InChI=1S/C19H15F4NO3S/c1-13(25)10-11-18(12-24,14-2-6-16(20)7-3-14)28(26,27)17-8-4-15(5-9-17)19(21,22)23/h2-9H,10-11H2,1H3/t18-/m1/s1. The molecular weight excluding hydrogens is 398 g/mol. The lowest BCUT2D eigenvalue weighted by atomic mass is 9.93. The number of nitriles is 1. The molecule has 2 aromatic carbocycles. The Morgan fingerprint density at radius 3 is 1.93 bits per heavy atom. The van der Waals surface area contributed by atoms with Gasteiger partial charge in [-0.2, -0.15) is 18.4 Å². The first-order chi connectivity index (χ1) is 12.9. The van der Waals surface area contributed by atoms with Gasteiger partial charge in [0.15, 0.2) is 4.75 Å². The first-order valence-corrected chi connectivity index (χ1v) is 9.51. The van der Waals surface area contributed by atoms with Crippen molar-refractivity contribution < 1.29 is 30.8 Å². The molecule has 0 bridgehead atoms. The Hall–Kier alpha value is -2.73. The summed E-state index contributed by atoms with van der Waals surface area (Å²) in [5, 5.41) is 9.78. The molecular formula is C19H15F4NO3S. The fourth-order valence-electron chi connectivity index (χ4n) is 2.71. The number of Topliss-reactive ketones (excluding diaryl/α,β-unsaturated/α-hetero) is 1. The third kappa shape index (κ3) is 4.07. The van der Waals surface area contributed by atoms with E-state index in [-0.39, 0.29) is 17.8 Å². The van der Waals surface area contributed by atoms with Gasteiger partial charge >= 0.3 is 6.18 Å². The number of benzene rings is 2. The number of halogens is 4. The summed E-state index contributed by atoms with van der Waals surface area (Å²) in [4.78, 5) is 10.9. The molecule has 0 N–H and O–H groups in total. The van der Waals surface area contributed by atoms with Crippen molar-refractivity contribution >= 4 is 15.6 Å². The minimum Gasteiger partial charge on any atom is -0.300 e. The Morgan fingerprint density at radius 2 is 1.50 bits per heavy atom. The summed E-state index contributed by atoms with van der Waals surface area (Å²) in [6.45, 7) is 1.22. The number of ketones is 1. The summed E-state index contributed by atoms with van der Waals surface area (Å²) in [6, 6.07) is 8.60. The highest BCUT2D eigenvalue weighted by Crippen LogP contribution is 2.40. The second-order valence-corrected chi connectivity index (χ2v) is 8.35. The van der Waals surface area contributed by atoms with E-state index in [4.69, 9.17) is 0 Å². The fourth-order valence-corrected chi connectivity index (χ4v) is 4.54. The number of hydrogen-bond donors (Lipinski definition) is 0. The number of carbonyl (C=O) groups excluding carboxylic acids is 1. The van der Waals surface area contributed by atoms with E-state index >= 15 is 0 Å². The Balaban J connectivity index is 2.65. The molecule has 28 heavy (non-hydrogen) atoms. The van der Waals surface area contributed by atoms with Gasteiger partial charge in [0.1, 0.15) is 11.6 Å². The van der Waals surface area contributed by atoms with Crippen LogP contribution in [0.25, 0.3) is 0 Å². The van der Waals surface area contributed by atoms with E-state index < -0.39 is 43.5 Å². The second-order valence-electron chi connectivity index (χ2n) is 6.17. The van der Waals surface area contributed by atoms with Gasteiger partial charge in [-0.05, 0) is 55.3 Å². The van der Waals surface area contributed by atoms with Crippen molar-refractivity contribution in [3.8, 4) is 6.07 Å². The zero-order valence-electron chi connectivity index (χ0n) is 14.6. The van der Waals surface area contributed by atoms with E-state index in [0.717, 1.165) is 36.4 Å². The summed E-state index contributed by atoms with van der Waals surface area (Å²) in [6.07, 6.45) is -5.33. The summed E-state index contributed by atoms with van der Waals surface area (Å²) in [7, 11) is -4.54. The van der Waals surface area contributed by atoms with Crippen LogP contribution in [0.4, 0.5) is 17.6 Å². The highest BCUT2D eigenvalue weighted by molar-refractivity contribution is 7.92. The van der Waals surface area contributed by atoms with Gasteiger partial charge in [-0.15, -0.1) is 0 Å². The van der Waals surface area contributed by atoms with Crippen LogP contribution in [0.5, 0.6) is 0 Å². The molecule has 0 spiro atoms. The molecule has 0 aromatic heterocycles. The predicted molar refractivity (Wildman–Crippen MR) is 92.2 cm³/mol. The Morgan fingerprint density at radius 1 is 1.00 bits per heavy atom. The van der Waals surface area contributed by atoms with Gasteiger partial charge < -0.3 is 4.79 Å². The Bertz CT molecular complexity index is 1010. The molecule has 148 valence electrons. The predicted octanol–water partition coefficient (Wildman–Crippen LogP) is 4.41. The lowest BCUT2D eigenvalue weighted by Crippen LogP contribution is -2.35. The summed E-state index contributed by atoms with van der Waals surface area (Å²) in [5.74, 6) is -1.03. The van der Waals surface area contributed by atoms with Gasteiger partial charge in [0.05, 0.1) is 16.5 Å². The molecule has 2 aromatic rings. The average Bonchev–Trinajstić information content (AvgIpc) is 2.63. The number of sulfone groups is 1. The number of nitrogens with zero attached hydrogens (tertiary/aromatic N) is 1. The largest absolute Gasteiger partial charge is 0.416 e. The Labute approximate surface area is 159 Å². The monoisotopic (exact) mass is 413 g/mol. The maximum absolute atomic E-state index is 13.3. The molecule has 0 saturated carbocycles. The van der Waals surface area contributed by atoms with Gasteiger partial charge in [-0.3, -0.25) is 0 Å². The summed E-state index contributed by atoms with van der Waals surface area (Å²) < 4.78 is 75.8. The smallest absolute Gasteiger partial charge is 0.300 e. The molecule has 0 fully saturated rings. The summed E-state index contributed by atoms with van der Waals surface area (Å²) in [5.41, 5.74) is -1.11. The van der Waals surface area contributed by atoms with E-state index in [1.54, 1.807) is 6.07 Å². The van der Waals surface area contributed by atoms with Gasteiger partial charge in [-0.25, -0.2) is 12.8 Å². The number of carbonyl (C=O) groups is 1. The van der Waals surface area contributed by atoms with Crippen LogP contribution in [0.15, 0.2) is 53.4 Å². The van der Waals surface area contributed by atoms with E-state index in [0.29, 0.717) is 12.1 Å². The third-order valence-corrected chi connectivity index (χ3v) is 6.61. The summed E-state index contributed by atoms with van der Waals surface area (Å²) >= 11 is 0. The zero-order valence-corrected chi connectivity index (χ0v) is 15.4. The molecule has 2 rings (SSSR count). The number of rotatable bonds is 6. The minimum atomic E-state index is -4.65. The van der Waals surface area contributed by atoms with Crippen molar-refractivity contribution in [2.24, 2.45) is 0 Å². The van der Waals surface area contributed by atoms with Crippen molar-refractivity contribution in [3.05, 3.63) is 65.5 Å². The van der Waals surface area contributed by atoms with Gasteiger partial charge in [0.2, 0.25) is 9.84 Å². The topological polar surface area (TPSA) is 75.0 Å². The maximum atomic E-state index is 13.3. The van der Waals surface area contributed by atoms with E-state index in [2.05, 4.69) is 0 Å². The van der Waals surface area contributed by atoms with Crippen LogP contribution >= 0.6 is 0 Å². The fraction of sp³-hybridized carbons (Fsp3) is 0.263. The van der Waals surface area contributed by atoms with Crippen LogP contribution in [0.2, 0.25) is 0 Å². The van der Waals surface area contributed by atoms with Crippen LogP contribution in [0.1, 0.15) is 30.9 Å². The highest BCUT2D eigenvalue weighted by Gasteiger charge is 2.47. The molecule has 0 saturated heterocycles. The van der Waals surface area contributed by atoms with Crippen molar-refractivity contribution in [1.29, 1.82) is 5.26 Å². The SMILES string of the molecule is CC(=O)CC[C@@](C#N)(c1ccc(F)cc1)S(=O)(=O)c1ccc(C(F)(F)F)cc1. The van der Waals surface area contributed by atoms with Crippen LogP contribution in [-0.2, 0) is 25.6 Å². The van der Waals surface area contributed by atoms with Crippen LogP contribution in [0, 0.1) is 17.1 Å². The molecule has 0 unspecified atom stereocenters. The molecule has 0 aliphatic rings. The molecule has 1 atom stereocenters. The number of alkyl halides is 3. The molecule has 0 aliphatic carbocycles. The van der Waals surface area contributed by atoms with Gasteiger partial charge in [0.25, 0.3) is 0 Å². The van der Waals surface area contributed by atoms with Gasteiger partial charge in [-0.1, -0.05) is 12.1 Å². The lowest BCUT2D eigenvalue weighted by molar-refractivity contribution is -0.137. The quantitative estimate of drug-likeness (QED) is 0.658. The van der Waals surface area contributed by atoms with Crippen LogP contribution < -0.4 is 0 Å². The number of hydrogen-bond acceptors (Lipinski definition) is 4. The van der Waals surface area contributed by atoms with Crippen LogP contribution in [0.3, 0.4) is 0 Å².